The summed E-state index contributed by atoms with van der Waals surface area (Å²) in [6, 6.07) is 1.01. The average molecular weight is 581 g/mol. The van der Waals surface area contributed by atoms with Gasteiger partial charge in [0.05, 0.1) is 17.7 Å². The fourth-order valence-corrected chi connectivity index (χ4v) is 7.35. The van der Waals surface area contributed by atoms with Crippen molar-refractivity contribution in [1.82, 2.24) is 14.7 Å². The first-order chi connectivity index (χ1) is 18.6. The lowest BCUT2D eigenvalue weighted by Gasteiger charge is -2.27. The van der Waals surface area contributed by atoms with Gasteiger partial charge in [0.15, 0.2) is 5.13 Å². The summed E-state index contributed by atoms with van der Waals surface area (Å²) in [5.41, 5.74) is 1.12. The van der Waals surface area contributed by atoms with E-state index < -0.39 is 33.7 Å². The Morgan fingerprint density at radius 2 is 1.85 bits per heavy atom. The number of aliphatic carboxylic acids is 1. The number of Topliss-reactive ketones (excluding diaryl/α,β-unsaturated/α-hetero) is 1. The number of hydrogen-bond acceptors (Lipinski definition) is 10. The van der Waals surface area contributed by atoms with Gasteiger partial charge in [-0.2, -0.15) is 0 Å². The van der Waals surface area contributed by atoms with Crippen LogP contribution < -0.4 is 14.8 Å². The Morgan fingerprint density at radius 1 is 1.15 bits per heavy atom. The number of carboxylic acid groups (broad SMARTS) is 1. The number of pyridine rings is 1. The van der Waals surface area contributed by atoms with Gasteiger partial charge in [-0.05, 0) is 57.4 Å². The van der Waals surface area contributed by atoms with Crippen molar-refractivity contribution < 1.29 is 37.4 Å². The molecule has 0 atom stereocenters. The number of ether oxygens (including phenoxy) is 2. The quantitative estimate of drug-likeness (QED) is 0.355. The third-order valence-corrected chi connectivity index (χ3v) is 9.69. The lowest BCUT2D eigenvalue weighted by molar-refractivity contribution is -0.151. The van der Waals surface area contributed by atoms with Crippen molar-refractivity contribution in [2.75, 3.05) is 25.6 Å². The van der Waals surface area contributed by atoms with Gasteiger partial charge < -0.3 is 19.9 Å². The van der Waals surface area contributed by atoms with Crippen LogP contribution in [0.3, 0.4) is 0 Å². The number of amides is 1. The van der Waals surface area contributed by atoms with E-state index in [9.17, 15) is 22.8 Å². The highest BCUT2D eigenvalue weighted by Crippen LogP contribution is 2.36. The van der Waals surface area contributed by atoms with Gasteiger partial charge in [-0.3, -0.25) is 9.59 Å². The van der Waals surface area contributed by atoms with Gasteiger partial charge in [0, 0.05) is 43.4 Å². The van der Waals surface area contributed by atoms with Crippen LogP contribution in [0.25, 0.3) is 10.4 Å². The molecule has 1 saturated carbocycles. The molecule has 1 saturated heterocycles. The number of methoxy groups -OCH3 is 1. The van der Waals surface area contributed by atoms with E-state index in [4.69, 9.17) is 14.6 Å². The molecule has 212 valence electrons. The van der Waals surface area contributed by atoms with Crippen molar-refractivity contribution in [3.8, 4) is 16.3 Å². The fraction of sp³-hybridized carbons (Fsp3) is 0.560. The molecule has 1 amide bonds. The van der Waals surface area contributed by atoms with Crippen LogP contribution in [-0.2, 0) is 29.1 Å². The molecule has 1 aliphatic carbocycles. The standard InChI is InChI=1S/C25H32N4O8S2/c1-14-22(38-25(27-14)28-20(30)11-15-7-9-37-10-8-15)17-12-19(23(36-2)26-13-17)39(34,35)29-18-5-3-16(4-6-18)21(31)24(32)33/h12-13,15-16,18,29H,3-11H2,1-2H3,(H,32,33)(H,27,28,30). The molecular weight excluding hydrogens is 548 g/mol. The van der Waals surface area contributed by atoms with Crippen LogP contribution in [0.2, 0.25) is 0 Å². The second-order valence-electron chi connectivity index (χ2n) is 9.81. The summed E-state index contributed by atoms with van der Waals surface area (Å²) in [6.45, 7) is 3.09. The average Bonchev–Trinajstić information content (AvgIpc) is 3.28. The lowest BCUT2D eigenvalue weighted by Crippen LogP contribution is -2.39. The van der Waals surface area contributed by atoms with Gasteiger partial charge in [-0.25, -0.2) is 27.9 Å². The maximum atomic E-state index is 13.3. The zero-order valence-corrected chi connectivity index (χ0v) is 23.4. The number of aryl methyl sites for hydroxylation is 1. The van der Waals surface area contributed by atoms with E-state index in [1.807, 2.05) is 0 Å². The second-order valence-corrected chi connectivity index (χ2v) is 12.5. The zero-order chi connectivity index (χ0) is 28.2. The molecule has 4 rings (SSSR count). The van der Waals surface area contributed by atoms with Crippen LogP contribution in [0, 0.1) is 18.8 Å². The zero-order valence-electron chi connectivity index (χ0n) is 21.8. The Morgan fingerprint density at radius 3 is 2.49 bits per heavy atom. The number of carboxylic acids is 1. The molecule has 12 nitrogen and oxygen atoms in total. The van der Waals surface area contributed by atoms with Crippen molar-refractivity contribution in [2.24, 2.45) is 11.8 Å². The van der Waals surface area contributed by atoms with Gasteiger partial charge in [0.2, 0.25) is 27.6 Å². The Kier molecular flexibility index (Phi) is 9.31. The van der Waals surface area contributed by atoms with Crippen molar-refractivity contribution >= 4 is 44.2 Å². The van der Waals surface area contributed by atoms with Crippen LogP contribution >= 0.6 is 11.3 Å². The highest BCUT2D eigenvalue weighted by atomic mass is 32.2. The number of ketones is 1. The van der Waals surface area contributed by atoms with Gasteiger partial charge in [-0.1, -0.05) is 11.3 Å². The Hall–Kier alpha value is -2.94. The van der Waals surface area contributed by atoms with Crippen LogP contribution in [0.4, 0.5) is 5.13 Å². The minimum atomic E-state index is -4.06. The van der Waals surface area contributed by atoms with E-state index in [2.05, 4.69) is 20.0 Å². The molecule has 3 N–H and O–H groups in total. The molecule has 0 aromatic carbocycles. The minimum Gasteiger partial charge on any atom is -0.480 e. The normalized spacial score (nSPS) is 20.4. The monoisotopic (exact) mass is 580 g/mol. The van der Waals surface area contributed by atoms with Gasteiger partial charge in [-0.15, -0.1) is 0 Å². The Balaban J connectivity index is 1.47. The number of carbonyl (C=O) groups excluding carboxylic acids is 2. The summed E-state index contributed by atoms with van der Waals surface area (Å²) in [5.74, 6) is -2.84. The molecule has 2 fully saturated rings. The highest BCUT2D eigenvalue weighted by Gasteiger charge is 2.33. The third-order valence-electron chi connectivity index (χ3n) is 7.05. The first-order valence-corrected chi connectivity index (χ1v) is 15.1. The van der Waals surface area contributed by atoms with Crippen molar-refractivity contribution in [1.29, 1.82) is 0 Å². The van der Waals surface area contributed by atoms with E-state index in [0.717, 1.165) is 12.8 Å². The number of carbonyl (C=O) groups is 3. The van der Waals surface area contributed by atoms with Crippen molar-refractivity contribution in [2.45, 2.75) is 62.8 Å². The second kappa shape index (κ2) is 12.5. The van der Waals surface area contributed by atoms with E-state index >= 15 is 0 Å². The number of aromatic nitrogens is 2. The van der Waals surface area contributed by atoms with Crippen molar-refractivity contribution in [3.63, 3.8) is 0 Å². The van der Waals surface area contributed by atoms with E-state index in [-0.39, 0.29) is 35.4 Å². The molecule has 39 heavy (non-hydrogen) atoms. The van der Waals surface area contributed by atoms with Crippen molar-refractivity contribution in [3.05, 3.63) is 18.0 Å². The van der Waals surface area contributed by atoms with Gasteiger partial charge in [0.1, 0.15) is 4.90 Å². The summed E-state index contributed by atoms with van der Waals surface area (Å²) < 4.78 is 39.9. The van der Waals surface area contributed by atoms with E-state index in [1.54, 1.807) is 6.92 Å². The molecule has 3 heterocycles. The number of thiazole rings is 1. The SMILES string of the molecule is COc1ncc(-c2sc(NC(=O)CC3CCOCC3)nc2C)cc1S(=O)(=O)NC1CCC(C(=O)C(=O)O)CC1. The third kappa shape index (κ3) is 7.18. The number of nitrogens with zero attached hydrogens (tertiary/aromatic N) is 2. The smallest absolute Gasteiger partial charge is 0.372 e. The molecule has 2 aliphatic rings. The summed E-state index contributed by atoms with van der Waals surface area (Å²) in [6.07, 6.45) is 4.83. The molecule has 14 heteroatoms. The number of sulfonamides is 1. The predicted molar refractivity (Wildman–Crippen MR) is 142 cm³/mol. The Labute approximate surface area is 230 Å². The highest BCUT2D eigenvalue weighted by molar-refractivity contribution is 7.89. The molecular formula is C25H32N4O8S2. The number of anilines is 1. The largest absolute Gasteiger partial charge is 0.480 e. The lowest BCUT2D eigenvalue weighted by atomic mass is 9.84. The molecule has 2 aromatic heterocycles. The van der Waals surface area contributed by atoms with Crippen LogP contribution in [-0.4, -0.2) is 67.5 Å². The van der Waals surface area contributed by atoms with E-state index in [0.29, 0.717) is 53.7 Å². The molecule has 0 radical (unpaired) electrons. The number of hydrogen-bond donors (Lipinski definition) is 3. The van der Waals surface area contributed by atoms with Gasteiger partial charge in [0.25, 0.3) is 0 Å². The topological polar surface area (TPSA) is 174 Å². The first kappa shape index (κ1) is 29.1. The summed E-state index contributed by atoms with van der Waals surface area (Å²) >= 11 is 1.23. The predicted octanol–water partition coefficient (Wildman–Crippen LogP) is 2.77. The molecule has 0 unspecified atom stereocenters. The van der Waals surface area contributed by atoms with E-state index in [1.165, 1.54) is 30.7 Å². The molecule has 0 bridgehead atoms. The Bertz CT molecular complexity index is 1330. The van der Waals surface area contributed by atoms with Crippen LogP contribution in [0.5, 0.6) is 5.88 Å². The van der Waals surface area contributed by atoms with Gasteiger partial charge >= 0.3 is 5.97 Å². The van der Waals surface area contributed by atoms with Crippen LogP contribution in [0.1, 0.15) is 50.6 Å². The molecule has 1 aliphatic heterocycles. The maximum Gasteiger partial charge on any atom is 0.372 e. The number of nitrogens with one attached hydrogen (secondary N) is 2. The fourth-order valence-electron chi connectivity index (χ4n) is 4.93. The minimum absolute atomic E-state index is 0.0758. The summed E-state index contributed by atoms with van der Waals surface area (Å²) in [5, 5.41) is 12.2. The summed E-state index contributed by atoms with van der Waals surface area (Å²) in [7, 11) is -2.74. The molecule has 0 spiro atoms. The first-order valence-electron chi connectivity index (χ1n) is 12.8. The number of rotatable bonds is 10. The maximum absolute atomic E-state index is 13.3. The van der Waals surface area contributed by atoms with Crippen LogP contribution in [0.15, 0.2) is 17.2 Å². The summed E-state index contributed by atoms with van der Waals surface area (Å²) in [4.78, 5) is 44.4. The molecule has 2 aromatic rings.